The van der Waals surface area contributed by atoms with Crippen LogP contribution in [0.2, 0.25) is 0 Å². The van der Waals surface area contributed by atoms with E-state index in [9.17, 15) is 0 Å². The molecular formula is C12H15BrN4. The molecule has 1 fully saturated rings. The van der Waals surface area contributed by atoms with Gasteiger partial charge in [0.1, 0.15) is 0 Å². The third-order valence-corrected chi connectivity index (χ3v) is 4.09. The number of nitrogens with zero attached hydrogens (tertiary/aromatic N) is 3. The standard InChI is InChI=1S/C12H15BrN4/c1-2-12(5-6-12)8-14-11-15-10-4-3-9(13)7-17(10)16-11/h3-4,7H,2,5-6,8H2,1H3,(H,14,16). The van der Waals surface area contributed by atoms with Crippen LogP contribution in [0.3, 0.4) is 0 Å². The molecular weight excluding hydrogens is 280 g/mol. The van der Waals surface area contributed by atoms with E-state index < -0.39 is 0 Å². The molecule has 0 saturated heterocycles. The number of halogens is 1. The predicted octanol–water partition coefficient (Wildman–Crippen LogP) is 3.09. The number of fused-ring (bicyclic) bond motifs is 1. The minimum atomic E-state index is 0.512. The summed E-state index contributed by atoms with van der Waals surface area (Å²) in [4.78, 5) is 4.44. The van der Waals surface area contributed by atoms with Gasteiger partial charge in [0.15, 0.2) is 5.65 Å². The highest BCUT2D eigenvalue weighted by Gasteiger charge is 2.40. The largest absolute Gasteiger partial charge is 0.352 e. The number of anilines is 1. The third-order valence-electron chi connectivity index (χ3n) is 3.62. The summed E-state index contributed by atoms with van der Waals surface area (Å²) in [5, 5.41) is 7.75. The Balaban J connectivity index is 1.77. The van der Waals surface area contributed by atoms with E-state index in [4.69, 9.17) is 0 Å². The van der Waals surface area contributed by atoms with Crippen LogP contribution in [-0.2, 0) is 0 Å². The second-order valence-electron chi connectivity index (χ2n) is 4.79. The highest BCUT2D eigenvalue weighted by molar-refractivity contribution is 9.10. The van der Waals surface area contributed by atoms with Gasteiger partial charge in [0.05, 0.1) is 0 Å². The number of rotatable bonds is 4. The lowest BCUT2D eigenvalue weighted by atomic mass is 10.0. The molecule has 1 saturated carbocycles. The van der Waals surface area contributed by atoms with E-state index in [1.807, 2.05) is 18.3 Å². The van der Waals surface area contributed by atoms with Crippen molar-refractivity contribution in [3.63, 3.8) is 0 Å². The average molecular weight is 295 g/mol. The van der Waals surface area contributed by atoms with Crippen LogP contribution in [0.4, 0.5) is 5.95 Å². The number of pyridine rings is 1. The molecule has 2 aromatic heterocycles. The Hall–Kier alpha value is -1.10. The number of nitrogens with one attached hydrogen (secondary N) is 1. The third kappa shape index (κ3) is 2.16. The monoisotopic (exact) mass is 294 g/mol. The normalized spacial score (nSPS) is 17.3. The average Bonchev–Trinajstić information content (AvgIpc) is 3.00. The second-order valence-corrected chi connectivity index (χ2v) is 5.71. The number of aromatic nitrogens is 3. The van der Waals surface area contributed by atoms with Crippen LogP contribution in [0, 0.1) is 5.41 Å². The zero-order chi connectivity index (χ0) is 11.9. The molecule has 0 radical (unpaired) electrons. The van der Waals surface area contributed by atoms with Crippen LogP contribution in [0.1, 0.15) is 26.2 Å². The molecule has 0 aromatic carbocycles. The van der Waals surface area contributed by atoms with E-state index in [0.29, 0.717) is 5.41 Å². The van der Waals surface area contributed by atoms with Gasteiger partial charge in [-0.05, 0) is 52.7 Å². The first kappa shape index (κ1) is 11.0. The van der Waals surface area contributed by atoms with Crippen molar-refractivity contribution in [3.8, 4) is 0 Å². The zero-order valence-corrected chi connectivity index (χ0v) is 11.4. The maximum absolute atomic E-state index is 4.44. The maximum Gasteiger partial charge on any atom is 0.243 e. The fourth-order valence-electron chi connectivity index (χ4n) is 2.03. The topological polar surface area (TPSA) is 42.2 Å². The lowest BCUT2D eigenvalue weighted by Crippen LogP contribution is -2.15. The van der Waals surface area contributed by atoms with Gasteiger partial charge in [-0.15, -0.1) is 5.10 Å². The molecule has 90 valence electrons. The molecule has 0 spiro atoms. The molecule has 4 nitrogen and oxygen atoms in total. The van der Waals surface area contributed by atoms with E-state index in [1.54, 1.807) is 4.52 Å². The zero-order valence-electron chi connectivity index (χ0n) is 9.78. The van der Waals surface area contributed by atoms with E-state index >= 15 is 0 Å². The van der Waals surface area contributed by atoms with Gasteiger partial charge in [0.25, 0.3) is 0 Å². The Labute approximate surface area is 109 Å². The first-order chi connectivity index (χ1) is 8.21. The van der Waals surface area contributed by atoms with E-state index in [2.05, 4.69) is 38.3 Å². The molecule has 0 unspecified atom stereocenters. The van der Waals surface area contributed by atoms with Crippen LogP contribution in [0.25, 0.3) is 5.65 Å². The first-order valence-electron chi connectivity index (χ1n) is 5.97. The molecule has 2 heterocycles. The summed E-state index contributed by atoms with van der Waals surface area (Å²) in [6.07, 6.45) is 5.81. The second kappa shape index (κ2) is 3.98. The maximum atomic E-state index is 4.44. The Morgan fingerprint density at radius 2 is 2.29 bits per heavy atom. The summed E-state index contributed by atoms with van der Waals surface area (Å²) in [5.74, 6) is 0.725. The van der Waals surface area contributed by atoms with Crippen molar-refractivity contribution < 1.29 is 0 Å². The summed E-state index contributed by atoms with van der Waals surface area (Å²) in [7, 11) is 0. The molecule has 17 heavy (non-hydrogen) atoms. The molecule has 0 aliphatic heterocycles. The van der Waals surface area contributed by atoms with E-state index in [0.717, 1.165) is 22.6 Å². The van der Waals surface area contributed by atoms with Gasteiger partial charge >= 0.3 is 0 Å². The van der Waals surface area contributed by atoms with Crippen molar-refractivity contribution in [2.75, 3.05) is 11.9 Å². The Morgan fingerprint density at radius 3 is 3.00 bits per heavy atom. The fourth-order valence-corrected chi connectivity index (χ4v) is 2.36. The summed E-state index contributed by atoms with van der Waals surface area (Å²) in [5.41, 5.74) is 1.38. The quantitative estimate of drug-likeness (QED) is 0.942. The van der Waals surface area contributed by atoms with Crippen molar-refractivity contribution in [2.24, 2.45) is 5.41 Å². The first-order valence-corrected chi connectivity index (χ1v) is 6.76. The molecule has 5 heteroatoms. The van der Waals surface area contributed by atoms with Crippen LogP contribution in [-0.4, -0.2) is 21.1 Å². The van der Waals surface area contributed by atoms with E-state index in [1.165, 1.54) is 19.3 Å². The molecule has 0 bridgehead atoms. The fraction of sp³-hybridized carbons (Fsp3) is 0.500. The lowest BCUT2D eigenvalue weighted by molar-refractivity contribution is 0.520. The SMILES string of the molecule is CCC1(CNc2nc3ccc(Br)cn3n2)CC1. The van der Waals surface area contributed by atoms with E-state index in [-0.39, 0.29) is 0 Å². The summed E-state index contributed by atoms with van der Waals surface area (Å²) >= 11 is 3.42. The summed E-state index contributed by atoms with van der Waals surface area (Å²) < 4.78 is 2.80. The lowest BCUT2D eigenvalue weighted by Gasteiger charge is -2.11. The van der Waals surface area contributed by atoms with Gasteiger partial charge in [-0.1, -0.05) is 6.92 Å². The Kier molecular flexibility index (Phi) is 2.58. The van der Waals surface area contributed by atoms with Gasteiger partial charge in [0, 0.05) is 17.2 Å². The molecule has 2 aromatic rings. The highest BCUT2D eigenvalue weighted by atomic mass is 79.9. The molecule has 1 aliphatic carbocycles. The Morgan fingerprint density at radius 1 is 1.47 bits per heavy atom. The smallest absolute Gasteiger partial charge is 0.243 e. The van der Waals surface area contributed by atoms with Gasteiger partial charge in [0.2, 0.25) is 5.95 Å². The Bertz CT molecular complexity index is 544. The molecule has 1 N–H and O–H groups in total. The van der Waals surface area contributed by atoms with Crippen molar-refractivity contribution in [1.29, 1.82) is 0 Å². The number of hydrogen-bond donors (Lipinski definition) is 1. The minimum absolute atomic E-state index is 0.512. The van der Waals surface area contributed by atoms with Gasteiger partial charge in [-0.3, -0.25) is 0 Å². The van der Waals surface area contributed by atoms with Crippen molar-refractivity contribution in [2.45, 2.75) is 26.2 Å². The summed E-state index contributed by atoms with van der Waals surface area (Å²) in [6.45, 7) is 3.24. The summed E-state index contributed by atoms with van der Waals surface area (Å²) in [6, 6.07) is 3.93. The number of hydrogen-bond acceptors (Lipinski definition) is 3. The van der Waals surface area contributed by atoms with Crippen molar-refractivity contribution >= 4 is 27.5 Å². The van der Waals surface area contributed by atoms with Crippen molar-refractivity contribution in [3.05, 3.63) is 22.8 Å². The molecule has 0 amide bonds. The highest BCUT2D eigenvalue weighted by Crippen LogP contribution is 2.48. The van der Waals surface area contributed by atoms with Gasteiger partial charge in [-0.25, -0.2) is 4.52 Å². The minimum Gasteiger partial charge on any atom is -0.352 e. The van der Waals surface area contributed by atoms with Gasteiger partial charge in [-0.2, -0.15) is 4.98 Å². The predicted molar refractivity (Wildman–Crippen MR) is 71.1 cm³/mol. The van der Waals surface area contributed by atoms with Crippen LogP contribution < -0.4 is 5.32 Å². The van der Waals surface area contributed by atoms with Gasteiger partial charge < -0.3 is 5.32 Å². The molecule has 3 rings (SSSR count). The van der Waals surface area contributed by atoms with Crippen LogP contribution in [0.5, 0.6) is 0 Å². The molecule has 0 atom stereocenters. The van der Waals surface area contributed by atoms with Crippen LogP contribution >= 0.6 is 15.9 Å². The van der Waals surface area contributed by atoms with Crippen LogP contribution in [0.15, 0.2) is 22.8 Å². The molecule has 1 aliphatic rings. The van der Waals surface area contributed by atoms with Crippen molar-refractivity contribution in [1.82, 2.24) is 14.6 Å².